The van der Waals surface area contributed by atoms with Gasteiger partial charge in [-0.2, -0.15) is 4.31 Å². The van der Waals surface area contributed by atoms with Crippen molar-refractivity contribution in [2.45, 2.75) is 93.5 Å². The Morgan fingerprint density at radius 3 is 2.36 bits per heavy atom. The van der Waals surface area contributed by atoms with Crippen LogP contribution in [0.4, 0.5) is 13.2 Å². The maximum absolute atomic E-state index is 14.4. The number of allylic oxidation sites excluding steroid dienone is 2. The van der Waals surface area contributed by atoms with E-state index in [4.69, 9.17) is 4.74 Å². The zero-order chi connectivity index (χ0) is 39.6. The minimum absolute atomic E-state index is 0.0718. The molecule has 2 bridgehead atoms. The Labute approximate surface area is 324 Å². The van der Waals surface area contributed by atoms with Crippen LogP contribution in [0.2, 0.25) is 0 Å². The fourth-order valence-electron chi connectivity index (χ4n) is 8.15. The van der Waals surface area contributed by atoms with Crippen molar-refractivity contribution in [3.63, 3.8) is 0 Å². The van der Waals surface area contributed by atoms with Gasteiger partial charge >= 0.3 is 6.36 Å². The Morgan fingerprint density at radius 2 is 1.71 bits per heavy atom. The first-order chi connectivity index (χ1) is 26.0. The van der Waals surface area contributed by atoms with Gasteiger partial charge in [-0.3, -0.25) is 4.79 Å². The Morgan fingerprint density at radius 1 is 1.00 bits per heavy atom. The summed E-state index contributed by atoms with van der Waals surface area (Å²) in [4.78, 5) is 14.4. The quantitative estimate of drug-likeness (QED) is 0.122. The minimum atomic E-state index is -4.88. The second-order valence-corrected chi connectivity index (χ2v) is 18.0. The summed E-state index contributed by atoms with van der Waals surface area (Å²) in [5.41, 5.74) is 1.43. The molecule has 0 spiro atoms. The molecule has 4 atom stereocenters. The topological polar surface area (TPSA) is 113 Å². The molecule has 13 heteroatoms. The van der Waals surface area contributed by atoms with Gasteiger partial charge in [-0.05, 0) is 128 Å². The van der Waals surface area contributed by atoms with E-state index in [0.29, 0.717) is 61.0 Å². The fourth-order valence-corrected chi connectivity index (χ4v) is 10.8. The molecule has 0 radical (unpaired) electrons. The number of carbonyl (C=O) groups excluding carboxylic acids is 1. The normalized spacial score (nSPS) is 23.5. The number of carbonyl (C=O) groups is 1. The molecule has 3 aliphatic carbocycles. The van der Waals surface area contributed by atoms with Gasteiger partial charge in [0.1, 0.15) is 15.7 Å². The van der Waals surface area contributed by atoms with Crippen LogP contribution in [-0.4, -0.2) is 60.4 Å². The summed E-state index contributed by atoms with van der Waals surface area (Å²) >= 11 is 1.04. The molecule has 0 unspecified atom stereocenters. The number of rotatable bonds is 10. The number of sulfonamides is 1. The molecule has 0 aliphatic heterocycles. The van der Waals surface area contributed by atoms with E-state index in [-0.39, 0.29) is 35.4 Å². The van der Waals surface area contributed by atoms with Gasteiger partial charge in [-0.25, -0.2) is 8.42 Å². The molecular formula is C42H46F3NO7S2. The van der Waals surface area contributed by atoms with E-state index in [1.807, 2.05) is 32.0 Å². The highest BCUT2D eigenvalue weighted by Gasteiger charge is 2.58. The minimum Gasteiger partial charge on any atom is -0.497 e. The number of nitrogens with zero attached hydrogens (tertiary/aromatic N) is 1. The van der Waals surface area contributed by atoms with Crippen LogP contribution in [0, 0.1) is 5.41 Å². The van der Waals surface area contributed by atoms with E-state index in [1.165, 1.54) is 22.5 Å². The number of alkyl halides is 3. The first kappa shape index (κ1) is 40.6. The maximum atomic E-state index is 14.4. The Balaban J connectivity index is 1.43. The number of fused-ring (bicyclic) bond motifs is 8. The summed E-state index contributed by atoms with van der Waals surface area (Å²) in [6, 6.07) is 20.7. The summed E-state index contributed by atoms with van der Waals surface area (Å²) in [6.07, 6.45) is -0.107. The number of aliphatic hydroxyl groups excluding tert-OH is 1. The predicted molar refractivity (Wildman–Crippen MR) is 205 cm³/mol. The van der Waals surface area contributed by atoms with Gasteiger partial charge in [0.15, 0.2) is 5.78 Å². The third-order valence-corrected chi connectivity index (χ3v) is 14.5. The van der Waals surface area contributed by atoms with Gasteiger partial charge in [-0.15, -0.1) is 24.5 Å². The number of hydrogen-bond acceptors (Lipinski definition) is 8. The van der Waals surface area contributed by atoms with Crippen LogP contribution in [0.1, 0.15) is 90.9 Å². The van der Waals surface area contributed by atoms with Gasteiger partial charge in [0.05, 0.1) is 18.8 Å². The van der Waals surface area contributed by atoms with Gasteiger partial charge in [0.25, 0.3) is 10.0 Å². The molecule has 294 valence electrons. The van der Waals surface area contributed by atoms with Crippen molar-refractivity contribution in [2.75, 3.05) is 13.7 Å². The molecule has 4 aromatic rings. The predicted octanol–water partition coefficient (Wildman–Crippen LogP) is 8.82. The number of ether oxygens (including phenoxy) is 2. The number of aliphatic hydroxyl groups is 2. The SMILES string of the molecule is COc1ccc(C(=O)c2cc3ccc2[C@@H]2CC[C@@](O)(CN(Cc4ccc(OC(F)(F)F)cc4)S(=O)(=O)c4cccs4)[C@@]2(C)CCC=C(C)CC[C@H](O)C3)cc1. The Hall–Kier alpha value is -4.01. The zero-order valence-corrected chi connectivity index (χ0v) is 32.6. The standard InChI is InChI=1S/C42H46F3NO7S2/c1-28-6-4-21-40(2)37(35-19-11-30(24-32(47)14-8-28)25-36(35)39(48)31-12-17-33(52-3)18-13-31)20-22-41(40,49)27-46(55(50,51)38-7-5-23-54-38)26-29-9-15-34(16-10-29)53-42(43,44)45/h5-7,9-13,15-19,23,25,32,37,47,49H,4,8,14,20-22,24,26-27H2,1-3H3/t32-,37-,40-,41+/m0/s1. The Bertz CT molecular complexity index is 2100. The van der Waals surface area contributed by atoms with Crippen LogP contribution in [0.3, 0.4) is 0 Å². The lowest BCUT2D eigenvalue weighted by Gasteiger charge is -2.46. The second kappa shape index (κ2) is 16.2. The molecule has 3 aromatic carbocycles. The monoisotopic (exact) mass is 797 g/mol. The molecule has 1 aromatic heterocycles. The number of benzene rings is 3. The van der Waals surface area contributed by atoms with Crippen molar-refractivity contribution in [1.29, 1.82) is 0 Å². The summed E-state index contributed by atoms with van der Waals surface area (Å²) in [6.45, 7) is 3.47. The molecule has 7 rings (SSSR count). The number of halogens is 3. The summed E-state index contributed by atoms with van der Waals surface area (Å²) in [5.74, 6) is -0.408. The van der Waals surface area contributed by atoms with Gasteiger partial charge < -0.3 is 19.7 Å². The van der Waals surface area contributed by atoms with Crippen molar-refractivity contribution < 1.29 is 46.1 Å². The maximum Gasteiger partial charge on any atom is 0.573 e. The van der Waals surface area contributed by atoms with Crippen molar-refractivity contribution in [3.8, 4) is 11.5 Å². The summed E-state index contributed by atoms with van der Waals surface area (Å²) in [5, 5.41) is 25.6. The van der Waals surface area contributed by atoms with Gasteiger partial charge in [0.2, 0.25) is 0 Å². The number of ketones is 1. The van der Waals surface area contributed by atoms with Gasteiger partial charge in [-0.1, -0.05) is 48.9 Å². The highest BCUT2D eigenvalue weighted by Crippen LogP contribution is 2.59. The molecule has 1 heterocycles. The lowest BCUT2D eigenvalue weighted by Crippen LogP contribution is -2.53. The van der Waals surface area contributed by atoms with Crippen molar-refractivity contribution in [2.24, 2.45) is 5.41 Å². The molecular weight excluding hydrogens is 752 g/mol. The molecule has 3 aliphatic rings. The lowest BCUT2D eigenvalue weighted by atomic mass is 9.64. The van der Waals surface area contributed by atoms with Crippen LogP contribution in [0.15, 0.2) is 100 Å². The smallest absolute Gasteiger partial charge is 0.497 e. The van der Waals surface area contributed by atoms with E-state index in [9.17, 15) is 36.6 Å². The first-order valence-electron chi connectivity index (χ1n) is 18.3. The molecule has 2 N–H and O–H groups in total. The van der Waals surface area contributed by atoms with E-state index in [2.05, 4.69) is 10.8 Å². The molecule has 0 saturated heterocycles. The van der Waals surface area contributed by atoms with Crippen LogP contribution in [0.25, 0.3) is 0 Å². The second-order valence-electron chi connectivity index (χ2n) is 14.9. The number of thiophene rings is 1. The van der Waals surface area contributed by atoms with E-state index < -0.39 is 39.3 Å². The molecule has 1 saturated carbocycles. The zero-order valence-electron chi connectivity index (χ0n) is 31.0. The first-order valence-corrected chi connectivity index (χ1v) is 20.6. The van der Waals surface area contributed by atoms with Crippen molar-refractivity contribution >= 4 is 27.1 Å². The molecule has 1 fully saturated rings. The van der Waals surface area contributed by atoms with Crippen LogP contribution in [0.5, 0.6) is 11.5 Å². The largest absolute Gasteiger partial charge is 0.573 e. The summed E-state index contributed by atoms with van der Waals surface area (Å²) < 4.78 is 77.9. The molecule has 8 nitrogen and oxygen atoms in total. The van der Waals surface area contributed by atoms with E-state index >= 15 is 0 Å². The van der Waals surface area contributed by atoms with Crippen molar-refractivity contribution in [1.82, 2.24) is 4.31 Å². The van der Waals surface area contributed by atoms with Crippen LogP contribution >= 0.6 is 11.3 Å². The highest BCUT2D eigenvalue weighted by atomic mass is 32.2. The third-order valence-electron chi connectivity index (χ3n) is 11.3. The van der Waals surface area contributed by atoms with Crippen LogP contribution < -0.4 is 9.47 Å². The van der Waals surface area contributed by atoms with Crippen LogP contribution in [-0.2, 0) is 23.0 Å². The summed E-state index contributed by atoms with van der Waals surface area (Å²) in [7, 11) is -2.63. The average molecular weight is 798 g/mol. The van der Waals surface area contributed by atoms with Crippen molar-refractivity contribution in [3.05, 3.63) is 124 Å². The Kier molecular flexibility index (Phi) is 12.0. The fraction of sp³-hybridized carbons (Fsp3) is 0.405. The molecule has 55 heavy (non-hydrogen) atoms. The number of methoxy groups -OCH3 is 1. The third kappa shape index (κ3) is 9.02. The highest BCUT2D eigenvalue weighted by molar-refractivity contribution is 7.91. The number of hydrogen-bond donors (Lipinski definition) is 2. The lowest BCUT2D eigenvalue weighted by molar-refractivity contribution is -0.274. The molecule has 0 amide bonds. The van der Waals surface area contributed by atoms with Gasteiger partial charge in [0, 0.05) is 29.6 Å². The van der Waals surface area contributed by atoms with E-state index in [0.717, 1.165) is 40.2 Å². The van der Waals surface area contributed by atoms with E-state index in [1.54, 1.807) is 42.8 Å². The average Bonchev–Trinajstić information content (AvgIpc) is 3.78.